The third-order valence-electron chi connectivity index (χ3n) is 4.86. The van der Waals surface area contributed by atoms with Gasteiger partial charge in [0, 0.05) is 16.8 Å². The van der Waals surface area contributed by atoms with Crippen LogP contribution in [0.5, 0.6) is 0 Å². The fourth-order valence-corrected chi connectivity index (χ4v) is 4.25. The largest absolute Gasteiger partial charge is 0.461 e. The van der Waals surface area contributed by atoms with E-state index in [4.69, 9.17) is 13.7 Å². The Bertz CT molecular complexity index is 1550. The van der Waals surface area contributed by atoms with Crippen LogP contribution in [0.4, 0.5) is 5.00 Å². The Morgan fingerprint density at radius 3 is 2.71 bits per heavy atom. The van der Waals surface area contributed by atoms with Crippen LogP contribution < -0.4 is 10.9 Å². The number of hydrogen-bond acceptors (Lipinski definition) is 9. The van der Waals surface area contributed by atoms with E-state index in [1.807, 2.05) is 0 Å². The SMILES string of the molecule is CCOC(=O)c1nn(-c2ccccc2)c(=O)c2c(NC(=O)c3cc(-c4ccco4)on3)scc12. The van der Waals surface area contributed by atoms with Crippen molar-refractivity contribution in [1.29, 1.82) is 0 Å². The summed E-state index contributed by atoms with van der Waals surface area (Å²) in [6.45, 7) is 1.82. The Balaban J connectivity index is 1.58. The van der Waals surface area contributed by atoms with E-state index >= 15 is 0 Å². The molecule has 4 aromatic heterocycles. The lowest BCUT2D eigenvalue weighted by Gasteiger charge is -2.09. The minimum Gasteiger partial charge on any atom is -0.461 e. The summed E-state index contributed by atoms with van der Waals surface area (Å²) in [5, 5.41) is 13.0. The number of benzene rings is 1. The summed E-state index contributed by atoms with van der Waals surface area (Å²) in [6.07, 6.45) is 1.47. The average molecular weight is 476 g/mol. The molecule has 0 spiro atoms. The molecule has 5 rings (SSSR count). The van der Waals surface area contributed by atoms with Crippen LogP contribution in [0.15, 0.2) is 73.9 Å². The molecule has 0 saturated heterocycles. The van der Waals surface area contributed by atoms with E-state index in [0.29, 0.717) is 11.4 Å². The monoisotopic (exact) mass is 476 g/mol. The van der Waals surface area contributed by atoms with Crippen LogP contribution in [0.2, 0.25) is 0 Å². The number of anilines is 1. The molecule has 0 bridgehead atoms. The van der Waals surface area contributed by atoms with Crippen molar-refractivity contribution >= 4 is 39.0 Å². The molecular formula is C23H16N4O6S. The fourth-order valence-electron chi connectivity index (χ4n) is 3.32. The first-order valence-electron chi connectivity index (χ1n) is 10.2. The highest BCUT2D eigenvalue weighted by molar-refractivity contribution is 7.16. The van der Waals surface area contributed by atoms with Gasteiger partial charge in [-0.3, -0.25) is 9.59 Å². The maximum atomic E-state index is 13.4. The molecule has 0 radical (unpaired) electrons. The smallest absolute Gasteiger partial charge is 0.359 e. The topological polar surface area (TPSA) is 129 Å². The van der Waals surface area contributed by atoms with Crippen molar-refractivity contribution in [3.05, 3.63) is 81.9 Å². The first-order valence-corrected chi connectivity index (χ1v) is 11.0. The van der Waals surface area contributed by atoms with Crippen LogP contribution in [0, 0.1) is 0 Å². The first kappa shape index (κ1) is 21.3. The summed E-state index contributed by atoms with van der Waals surface area (Å²) in [7, 11) is 0. The molecule has 0 unspecified atom stereocenters. The molecule has 1 N–H and O–H groups in total. The van der Waals surface area contributed by atoms with Crippen molar-refractivity contribution < 1.29 is 23.3 Å². The van der Waals surface area contributed by atoms with E-state index in [2.05, 4.69) is 15.6 Å². The Hall–Kier alpha value is -4.51. The number of furan rings is 1. The standard InChI is InChI=1S/C23H16N4O6S/c1-2-31-23(30)19-14-12-34-21(18(14)22(29)27(25-19)13-7-4-3-5-8-13)24-20(28)15-11-17(33-26-15)16-9-6-10-32-16/h3-12H,2H2,1H3,(H,24,28). The maximum Gasteiger partial charge on any atom is 0.359 e. The molecule has 4 heterocycles. The van der Waals surface area contributed by atoms with Crippen molar-refractivity contribution in [1.82, 2.24) is 14.9 Å². The van der Waals surface area contributed by atoms with Crippen molar-refractivity contribution in [2.24, 2.45) is 0 Å². The minimum atomic E-state index is -0.674. The second-order valence-corrected chi connectivity index (χ2v) is 7.86. The Kier molecular flexibility index (Phi) is 5.52. The predicted octanol–water partition coefficient (Wildman–Crippen LogP) is 4.12. The first-order chi connectivity index (χ1) is 16.6. The maximum absolute atomic E-state index is 13.4. The number of amides is 1. The van der Waals surface area contributed by atoms with Gasteiger partial charge in [0.2, 0.25) is 5.76 Å². The highest BCUT2D eigenvalue weighted by atomic mass is 32.1. The van der Waals surface area contributed by atoms with E-state index < -0.39 is 17.4 Å². The van der Waals surface area contributed by atoms with Crippen LogP contribution in [-0.4, -0.2) is 33.4 Å². The van der Waals surface area contributed by atoms with Gasteiger partial charge in [-0.05, 0) is 31.2 Å². The number of nitrogens with zero attached hydrogens (tertiary/aromatic N) is 3. The number of aromatic nitrogens is 3. The van der Waals surface area contributed by atoms with E-state index in [1.165, 1.54) is 12.3 Å². The normalized spacial score (nSPS) is 11.0. The lowest BCUT2D eigenvalue weighted by molar-refractivity contribution is 0.0520. The lowest BCUT2D eigenvalue weighted by atomic mass is 10.2. The molecule has 0 aliphatic heterocycles. The number of nitrogens with one attached hydrogen (secondary N) is 1. The molecule has 0 aliphatic rings. The third kappa shape index (κ3) is 3.77. The van der Waals surface area contributed by atoms with Crippen LogP contribution in [-0.2, 0) is 4.74 Å². The number of para-hydroxylation sites is 1. The Morgan fingerprint density at radius 1 is 1.15 bits per heavy atom. The molecular weight excluding hydrogens is 460 g/mol. The summed E-state index contributed by atoms with van der Waals surface area (Å²) in [6, 6.07) is 13.4. The summed E-state index contributed by atoms with van der Waals surface area (Å²) in [5.41, 5.74) is -0.0696. The number of hydrogen-bond donors (Lipinski definition) is 1. The van der Waals surface area contributed by atoms with Gasteiger partial charge in [-0.1, -0.05) is 23.4 Å². The molecule has 1 aromatic carbocycles. The van der Waals surface area contributed by atoms with Crippen molar-refractivity contribution in [2.75, 3.05) is 11.9 Å². The molecule has 34 heavy (non-hydrogen) atoms. The highest BCUT2D eigenvalue weighted by Crippen LogP contribution is 2.31. The summed E-state index contributed by atoms with van der Waals surface area (Å²) >= 11 is 1.09. The number of carbonyl (C=O) groups excluding carboxylic acids is 2. The molecule has 0 fully saturated rings. The highest BCUT2D eigenvalue weighted by Gasteiger charge is 2.24. The minimum absolute atomic E-state index is 0.00370. The number of ether oxygens (including phenoxy) is 1. The van der Waals surface area contributed by atoms with Crippen LogP contribution in [0.1, 0.15) is 27.9 Å². The zero-order valence-corrected chi connectivity index (χ0v) is 18.5. The summed E-state index contributed by atoms with van der Waals surface area (Å²) in [4.78, 5) is 38.8. The average Bonchev–Trinajstić information content (AvgIpc) is 3.61. The van der Waals surface area contributed by atoms with Crippen molar-refractivity contribution in [3.8, 4) is 17.2 Å². The summed E-state index contributed by atoms with van der Waals surface area (Å²) < 4.78 is 16.7. The molecule has 0 atom stereocenters. The molecule has 5 aromatic rings. The van der Waals surface area contributed by atoms with E-state index in [0.717, 1.165) is 16.0 Å². The molecule has 0 aliphatic carbocycles. The predicted molar refractivity (Wildman–Crippen MR) is 123 cm³/mol. The zero-order chi connectivity index (χ0) is 23.7. The van der Waals surface area contributed by atoms with Gasteiger partial charge in [0.05, 0.1) is 23.9 Å². The fraction of sp³-hybridized carbons (Fsp3) is 0.0870. The van der Waals surface area contributed by atoms with Gasteiger partial charge in [0.25, 0.3) is 11.5 Å². The van der Waals surface area contributed by atoms with Crippen LogP contribution in [0.25, 0.3) is 28.0 Å². The van der Waals surface area contributed by atoms with E-state index in [-0.39, 0.29) is 39.5 Å². The zero-order valence-electron chi connectivity index (χ0n) is 17.7. The van der Waals surface area contributed by atoms with Gasteiger partial charge >= 0.3 is 5.97 Å². The molecule has 170 valence electrons. The third-order valence-corrected chi connectivity index (χ3v) is 5.75. The lowest BCUT2D eigenvalue weighted by Crippen LogP contribution is -2.25. The van der Waals surface area contributed by atoms with Gasteiger partial charge in [0.15, 0.2) is 17.1 Å². The molecule has 1 amide bonds. The molecule has 11 heteroatoms. The molecule has 0 saturated carbocycles. The summed E-state index contributed by atoms with van der Waals surface area (Å²) in [5.74, 6) is -0.562. The van der Waals surface area contributed by atoms with Crippen LogP contribution >= 0.6 is 11.3 Å². The number of thiophene rings is 1. The second kappa shape index (κ2) is 8.79. The van der Waals surface area contributed by atoms with Gasteiger partial charge < -0.3 is 19.0 Å². The Labute approximate surface area is 195 Å². The molecule has 10 nitrogen and oxygen atoms in total. The van der Waals surface area contributed by atoms with E-state index in [1.54, 1.807) is 54.8 Å². The van der Waals surface area contributed by atoms with Crippen molar-refractivity contribution in [3.63, 3.8) is 0 Å². The number of rotatable bonds is 6. The Morgan fingerprint density at radius 2 is 1.97 bits per heavy atom. The van der Waals surface area contributed by atoms with Crippen LogP contribution in [0.3, 0.4) is 0 Å². The van der Waals surface area contributed by atoms with Gasteiger partial charge in [-0.15, -0.1) is 11.3 Å². The number of esters is 1. The van der Waals surface area contributed by atoms with Crippen molar-refractivity contribution in [2.45, 2.75) is 6.92 Å². The number of fused-ring (bicyclic) bond motifs is 1. The second-order valence-electron chi connectivity index (χ2n) is 6.98. The van der Waals surface area contributed by atoms with Gasteiger partial charge in [-0.25, -0.2) is 4.79 Å². The number of carbonyl (C=O) groups is 2. The quantitative estimate of drug-likeness (QED) is 0.362. The van der Waals surface area contributed by atoms with E-state index in [9.17, 15) is 14.4 Å². The van der Waals surface area contributed by atoms with Gasteiger partial charge in [0.1, 0.15) is 5.00 Å². The van der Waals surface area contributed by atoms with Gasteiger partial charge in [-0.2, -0.15) is 9.78 Å².